The standard InChI is InChI=1S/C19H18N2O2/c22-18-10-19(13-23-14-19)12-21(18)17-9-8-16(11-20-17)7-6-15-4-2-1-3-5-15/h1-5,8-9,11,18,22H,10,12-14H2. The predicted octanol–water partition coefficient (Wildman–Crippen LogP) is 2.03. The van der Waals surface area contributed by atoms with Crippen LogP contribution >= 0.6 is 0 Å². The molecule has 3 heterocycles. The Bertz CT molecular complexity index is 742. The van der Waals surface area contributed by atoms with Crippen molar-refractivity contribution in [1.82, 2.24) is 4.98 Å². The van der Waals surface area contributed by atoms with E-state index in [0.717, 1.165) is 43.1 Å². The van der Waals surface area contributed by atoms with Gasteiger partial charge in [-0.15, -0.1) is 0 Å². The van der Waals surface area contributed by atoms with E-state index in [1.165, 1.54) is 0 Å². The Morgan fingerprint density at radius 2 is 1.87 bits per heavy atom. The number of hydrogen-bond acceptors (Lipinski definition) is 4. The fraction of sp³-hybridized carbons (Fsp3) is 0.316. The predicted molar refractivity (Wildman–Crippen MR) is 87.9 cm³/mol. The molecule has 1 unspecified atom stereocenters. The molecule has 2 fully saturated rings. The van der Waals surface area contributed by atoms with Crippen LogP contribution in [0.2, 0.25) is 0 Å². The summed E-state index contributed by atoms with van der Waals surface area (Å²) in [6.45, 7) is 2.28. The Morgan fingerprint density at radius 1 is 1.09 bits per heavy atom. The molecule has 1 aromatic carbocycles. The molecule has 1 N–H and O–H groups in total. The van der Waals surface area contributed by atoms with Crippen molar-refractivity contribution in [1.29, 1.82) is 0 Å². The molecule has 4 heteroatoms. The molecule has 0 radical (unpaired) electrons. The van der Waals surface area contributed by atoms with Crippen LogP contribution in [0.5, 0.6) is 0 Å². The van der Waals surface area contributed by atoms with Gasteiger partial charge in [0.1, 0.15) is 12.0 Å². The Balaban J connectivity index is 1.49. The molecule has 2 aliphatic heterocycles. The number of aromatic nitrogens is 1. The molecule has 0 saturated carbocycles. The molecule has 2 saturated heterocycles. The van der Waals surface area contributed by atoms with E-state index < -0.39 is 6.23 Å². The Kier molecular flexibility index (Phi) is 3.53. The number of aliphatic hydroxyl groups is 1. The van der Waals surface area contributed by atoms with E-state index in [0.29, 0.717) is 0 Å². The molecule has 0 amide bonds. The zero-order valence-electron chi connectivity index (χ0n) is 12.8. The quantitative estimate of drug-likeness (QED) is 0.819. The lowest BCUT2D eigenvalue weighted by Crippen LogP contribution is -2.44. The lowest BCUT2D eigenvalue weighted by molar-refractivity contribution is -0.105. The summed E-state index contributed by atoms with van der Waals surface area (Å²) in [5, 5.41) is 10.3. The fourth-order valence-corrected chi connectivity index (χ4v) is 3.16. The van der Waals surface area contributed by atoms with Gasteiger partial charge in [0, 0.05) is 35.7 Å². The van der Waals surface area contributed by atoms with Gasteiger partial charge in [-0.2, -0.15) is 0 Å². The Hall–Kier alpha value is -2.35. The van der Waals surface area contributed by atoms with Crippen molar-refractivity contribution in [2.75, 3.05) is 24.7 Å². The van der Waals surface area contributed by atoms with Crippen LogP contribution in [0.1, 0.15) is 17.5 Å². The summed E-state index contributed by atoms with van der Waals surface area (Å²) in [7, 11) is 0. The van der Waals surface area contributed by atoms with E-state index >= 15 is 0 Å². The van der Waals surface area contributed by atoms with Crippen molar-refractivity contribution in [2.24, 2.45) is 5.41 Å². The average molecular weight is 306 g/mol. The highest BCUT2D eigenvalue weighted by atomic mass is 16.5. The van der Waals surface area contributed by atoms with Crippen LogP contribution in [0.15, 0.2) is 48.7 Å². The van der Waals surface area contributed by atoms with Crippen LogP contribution in [0.4, 0.5) is 5.82 Å². The second kappa shape index (κ2) is 5.69. The van der Waals surface area contributed by atoms with E-state index in [-0.39, 0.29) is 5.41 Å². The van der Waals surface area contributed by atoms with Crippen LogP contribution in [0.3, 0.4) is 0 Å². The zero-order chi connectivity index (χ0) is 15.7. The van der Waals surface area contributed by atoms with Gasteiger partial charge in [-0.05, 0) is 24.3 Å². The summed E-state index contributed by atoms with van der Waals surface area (Å²) in [4.78, 5) is 6.43. The van der Waals surface area contributed by atoms with E-state index in [1.807, 2.05) is 47.4 Å². The third kappa shape index (κ3) is 2.81. The third-order valence-electron chi connectivity index (χ3n) is 4.46. The average Bonchev–Trinajstić information content (AvgIpc) is 2.93. The first-order chi connectivity index (χ1) is 11.2. The molecule has 0 aliphatic carbocycles. The van der Waals surface area contributed by atoms with Gasteiger partial charge in [-0.1, -0.05) is 30.0 Å². The number of aliphatic hydroxyl groups excluding tert-OH is 1. The highest BCUT2D eigenvalue weighted by Crippen LogP contribution is 2.41. The second-order valence-electron chi connectivity index (χ2n) is 6.33. The van der Waals surface area contributed by atoms with E-state index in [1.54, 1.807) is 6.20 Å². The molecule has 23 heavy (non-hydrogen) atoms. The minimum absolute atomic E-state index is 0.118. The number of rotatable bonds is 1. The number of ether oxygens (including phenoxy) is 1. The summed E-state index contributed by atoms with van der Waals surface area (Å²) < 4.78 is 5.31. The monoisotopic (exact) mass is 306 g/mol. The highest BCUT2D eigenvalue weighted by molar-refractivity contribution is 5.47. The second-order valence-corrected chi connectivity index (χ2v) is 6.33. The van der Waals surface area contributed by atoms with Gasteiger partial charge in [0.2, 0.25) is 0 Å². The molecular formula is C19H18N2O2. The summed E-state index contributed by atoms with van der Waals surface area (Å²) in [6, 6.07) is 13.8. The van der Waals surface area contributed by atoms with Crippen molar-refractivity contribution in [2.45, 2.75) is 12.6 Å². The van der Waals surface area contributed by atoms with E-state index in [4.69, 9.17) is 4.74 Å². The van der Waals surface area contributed by atoms with Gasteiger partial charge in [0.25, 0.3) is 0 Å². The first-order valence-electron chi connectivity index (χ1n) is 7.80. The summed E-state index contributed by atoms with van der Waals surface area (Å²) in [5.74, 6) is 7.03. The topological polar surface area (TPSA) is 45.6 Å². The lowest BCUT2D eigenvalue weighted by atomic mass is 9.85. The third-order valence-corrected chi connectivity index (χ3v) is 4.46. The number of hydrogen-bond donors (Lipinski definition) is 1. The first kappa shape index (κ1) is 14.3. The minimum Gasteiger partial charge on any atom is -0.380 e. The normalized spacial score (nSPS) is 21.6. The van der Waals surface area contributed by atoms with Crippen molar-refractivity contribution in [3.8, 4) is 11.8 Å². The zero-order valence-corrected chi connectivity index (χ0v) is 12.8. The summed E-state index contributed by atoms with van der Waals surface area (Å²) in [5.41, 5.74) is 1.97. The van der Waals surface area contributed by atoms with Crippen LogP contribution in [0, 0.1) is 17.3 Å². The number of benzene rings is 1. The SMILES string of the molecule is OC1CC2(COC2)CN1c1ccc(C#Cc2ccccc2)cn1. The van der Waals surface area contributed by atoms with Crippen LogP contribution in [-0.4, -0.2) is 36.1 Å². The van der Waals surface area contributed by atoms with E-state index in [2.05, 4.69) is 16.8 Å². The number of anilines is 1. The van der Waals surface area contributed by atoms with Crippen molar-refractivity contribution < 1.29 is 9.84 Å². The van der Waals surface area contributed by atoms with Crippen LogP contribution < -0.4 is 4.90 Å². The largest absolute Gasteiger partial charge is 0.380 e. The minimum atomic E-state index is -0.479. The summed E-state index contributed by atoms with van der Waals surface area (Å²) >= 11 is 0. The lowest BCUT2D eigenvalue weighted by Gasteiger charge is -2.37. The van der Waals surface area contributed by atoms with Gasteiger partial charge in [-0.25, -0.2) is 4.98 Å². The molecular weight excluding hydrogens is 288 g/mol. The number of nitrogens with zero attached hydrogens (tertiary/aromatic N) is 2. The van der Waals surface area contributed by atoms with Gasteiger partial charge < -0.3 is 14.7 Å². The maximum Gasteiger partial charge on any atom is 0.130 e. The van der Waals surface area contributed by atoms with Crippen molar-refractivity contribution in [3.63, 3.8) is 0 Å². The Morgan fingerprint density at radius 3 is 2.48 bits per heavy atom. The fourth-order valence-electron chi connectivity index (χ4n) is 3.16. The Labute approximate surface area is 135 Å². The van der Waals surface area contributed by atoms with Crippen LogP contribution in [-0.2, 0) is 4.74 Å². The smallest absolute Gasteiger partial charge is 0.130 e. The highest BCUT2D eigenvalue weighted by Gasteiger charge is 2.49. The molecule has 116 valence electrons. The summed E-state index contributed by atoms with van der Waals surface area (Å²) in [6.07, 6.45) is 2.04. The molecule has 1 spiro atoms. The molecule has 2 aliphatic rings. The van der Waals surface area contributed by atoms with Gasteiger partial charge in [0.05, 0.1) is 13.2 Å². The van der Waals surface area contributed by atoms with Gasteiger partial charge in [-0.3, -0.25) is 0 Å². The van der Waals surface area contributed by atoms with E-state index in [9.17, 15) is 5.11 Å². The van der Waals surface area contributed by atoms with Crippen LogP contribution in [0.25, 0.3) is 0 Å². The molecule has 0 bridgehead atoms. The van der Waals surface area contributed by atoms with Crippen molar-refractivity contribution in [3.05, 3.63) is 59.8 Å². The van der Waals surface area contributed by atoms with Gasteiger partial charge in [0.15, 0.2) is 0 Å². The molecule has 4 rings (SSSR count). The first-order valence-corrected chi connectivity index (χ1v) is 7.80. The van der Waals surface area contributed by atoms with Crippen molar-refractivity contribution >= 4 is 5.82 Å². The number of pyridine rings is 1. The molecule has 1 atom stereocenters. The molecule has 1 aromatic heterocycles. The molecule has 4 nitrogen and oxygen atoms in total. The maximum absolute atomic E-state index is 10.3. The maximum atomic E-state index is 10.3. The molecule has 2 aromatic rings. The van der Waals surface area contributed by atoms with Gasteiger partial charge >= 0.3 is 0 Å².